The summed E-state index contributed by atoms with van der Waals surface area (Å²) in [5.74, 6) is 0.589. The van der Waals surface area contributed by atoms with Gasteiger partial charge in [0, 0.05) is 31.6 Å². The van der Waals surface area contributed by atoms with E-state index in [1.165, 1.54) is 10.6 Å². The zero-order valence-corrected chi connectivity index (χ0v) is 10.3. The van der Waals surface area contributed by atoms with Crippen molar-refractivity contribution in [3.8, 4) is 0 Å². The van der Waals surface area contributed by atoms with Crippen LogP contribution < -0.4 is 5.73 Å². The summed E-state index contributed by atoms with van der Waals surface area (Å²) in [6, 6.07) is 0. The number of nitrogen functional groups attached to an aromatic ring is 1. The van der Waals surface area contributed by atoms with Gasteiger partial charge in [-0.15, -0.1) is 0 Å². The second-order valence-electron chi connectivity index (χ2n) is 3.97. The molecule has 0 spiro atoms. The largest absolute Gasteiger partial charge is 0.384 e. The standard InChI is InChI=1S/C9H16N4O2S/c1-3-13-9(10)7-6-12(16(2,14)15)5-4-8(7)11-13/h3-6,10H2,1-2H3. The molecule has 16 heavy (non-hydrogen) atoms. The molecule has 0 saturated carbocycles. The molecular weight excluding hydrogens is 228 g/mol. The lowest BCUT2D eigenvalue weighted by molar-refractivity contribution is 0.394. The molecule has 1 aliphatic heterocycles. The first kappa shape index (κ1) is 11.4. The number of rotatable bonds is 2. The number of anilines is 1. The molecule has 2 N–H and O–H groups in total. The van der Waals surface area contributed by atoms with Crippen LogP contribution in [0, 0.1) is 0 Å². The van der Waals surface area contributed by atoms with Gasteiger partial charge in [0.15, 0.2) is 0 Å². The van der Waals surface area contributed by atoms with Crippen molar-refractivity contribution < 1.29 is 8.42 Å². The van der Waals surface area contributed by atoms with Crippen molar-refractivity contribution in [3.63, 3.8) is 0 Å². The van der Waals surface area contributed by atoms with Gasteiger partial charge in [0.05, 0.1) is 11.9 Å². The van der Waals surface area contributed by atoms with Crippen LogP contribution in [0.2, 0.25) is 0 Å². The maximum absolute atomic E-state index is 11.4. The van der Waals surface area contributed by atoms with Crippen LogP contribution >= 0.6 is 0 Å². The minimum Gasteiger partial charge on any atom is -0.384 e. The van der Waals surface area contributed by atoms with E-state index >= 15 is 0 Å². The Bertz CT molecular complexity index is 506. The van der Waals surface area contributed by atoms with Crippen molar-refractivity contribution in [1.29, 1.82) is 0 Å². The molecule has 0 aromatic carbocycles. The highest BCUT2D eigenvalue weighted by Gasteiger charge is 2.27. The Hall–Kier alpha value is -1.08. The van der Waals surface area contributed by atoms with Gasteiger partial charge in [-0.1, -0.05) is 0 Å². The number of nitrogens with two attached hydrogens (primary N) is 1. The second-order valence-corrected chi connectivity index (χ2v) is 5.96. The fraction of sp³-hybridized carbons (Fsp3) is 0.667. The van der Waals surface area contributed by atoms with E-state index in [4.69, 9.17) is 5.73 Å². The number of hydrogen-bond donors (Lipinski definition) is 1. The number of aromatic nitrogens is 2. The molecule has 6 nitrogen and oxygen atoms in total. The van der Waals surface area contributed by atoms with Crippen LogP contribution in [0.4, 0.5) is 5.82 Å². The monoisotopic (exact) mass is 244 g/mol. The molecule has 0 fully saturated rings. The first-order chi connectivity index (χ1) is 7.43. The van der Waals surface area contributed by atoms with Crippen LogP contribution in [-0.4, -0.2) is 35.3 Å². The molecule has 0 amide bonds. The summed E-state index contributed by atoms with van der Waals surface area (Å²) in [5, 5.41) is 4.36. The number of fused-ring (bicyclic) bond motifs is 1. The van der Waals surface area contributed by atoms with Gasteiger partial charge in [-0.2, -0.15) is 9.40 Å². The normalized spacial score (nSPS) is 17.4. The van der Waals surface area contributed by atoms with E-state index in [0.29, 0.717) is 31.9 Å². The summed E-state index contributed by atoms with van der Waals surface area (Å²) < 4.78 is 26.0. The molecule has 0 unspecified atom stereocenters. The quantitative estimate of drug-likeness (QED) is 0.781. The van der Waals surface area contributed by atoms with Crippen LogP contribution in [0.1, 0.15) is 18.2 Å². The molecule has 0 atom stereocenters. The molecule has 90 valence electrons. The maximum atomic E-state index is 11.4. The molecule has 0 saturated heterocycles. The molecule has 2 rings (SSSR count). The second kappa shape index (κ2) is 3.74. The third kappa shape index (κ3) is 1.80. The number of nitrogens with zero attached hydrogens (tertiary/aromatic N) is 3. The first-order valence-electron chi connectivity index (χ1n) is 5.22. The average molecular weight is 244 g/mol. The Labute approximate surface area is 95.1 Å². The highest BCUT2D eigenvalue weighted by Crippen LogP contribution is 2.25. The summed E-state index contributed by atoms with van der Waals surface area (Å²) in [6.45, 7) is 3.51. The number of aryl methyl sites for hydroxylation is 1. The van der Waals surface area contributed by atoms with E-state index in [1.54, 1.807) is 4.68 Å². The van der Waals surface area contributed by atoms with Gasteiger partial charge in [0.2, 0.25) is 10.0 Å². The SMILES string of the molecule is CCn1nc2c(c1N)CN(S(C)(=O)=O)CC2. The Morgan fingerprint density at radius 1 is 1.50 bits per heavy atom. The van der Waals surface area contributed by atoms with Crippen LogP contribution in [0.3, 0.4) is 0 Å². The highest BCUT2D eigenvalue weighted by atomic mass is 32.2. The molecule has 1 aliphatic rings. The summed E-state index contributed by atoms with van der Waals surface area (Å²) in [4.78, 5) is 0. The minimum absolute atomic E-state index is 0.347. The van der Waals surface area contributed by atoms with E-state index < -0.39 is 10.0 Å². The van der Waals surface area contributed by atoms with Gasteiger partial charge in [-0.25, -0.2) is 13.1 Å². The van der Waals surface area contributed by atoms with E-state index in [0.717, 1.165) is 11.3 Å². The smallest absolute Gasteiger partial charge is 0.211 e. The predicted molar refractivity (Wildman–Crippen MR) is 61.3 cm³/mol. The van der Waals surface area contributed by atoms with Crippen molar-refractivity contribution in [2.45, 2.75) is 26.4 Å². The zero-order valence-electron chi connectivity index (χ0n) is 9.47. The number of sulfonamides is 1. The Balaban J connectivity index is 2.37. The lowest BCUT2D eigenvalue weighted by Gasteiger charge is -2.23. The van der Waals surface area contributed by atoms with E-state index in [-0.39, 0.29) is 0 Å². The van der Waals surface area contributed by atoms with Crippen LogP contribution in [0.15, 0.2) is 0 Å². The Morgan fingerprint density at radius 3 is 2.75 bits per heavy atom. The summed E-state index contributed by atoms with van der Waals surface area (Å²) in [7, 11) is -3.14. The summed E-state index contributed by atoms with van der Waals surface area (Å²) in [6.07, 6.45) is 1.86. The molecular formula is C9H16N4O2S. The van der Waals surface area contributed by atoms with Gasteiger partial charge in [0.1, 0.15) is 5.82 Å². The average Bonchev–Trinajstić information content (AvgIpc) is 2.54. The maximum Gasteiger partial charge on any atom is 0.211 e. The van der Waals surface area contributed by atoms with Crippen LogP contribution in [0.25, 0.3) is 0 Å². The zero-order chi connectivity index (χ0) is 11.9. The van der Waals surface area contributed by atoms with Crippen LogP contribution in [-0.2, 0) is 29.5 Å². The fourth-order valence-electron chi connectivity index (χ4n) is 1.95. The van der Waals surface area contributed by atoms with Gasteiger partial charge >= 0.3 is 0 Å². The molecule has 7 heteroatoms. The number of hydrogen-bond acceptors (Lipinski definition) is 4. The van der Waals surface area contributed by atoms with E-state index in [9.17, 15) is 8.42 Å². The van der Waals surface area contributed by atoms with Crippen LogP contribution in [0.5, 0.6) is 0 Å². The van der Waals surface area contributed by atoms with E-state index in [2.05, 4.69) is 5.10 Å². The lowest BCUT2D eigenvalue weighted by Crippen LogP contribution is -2.35. The molecule has 2 heterocycles. The fourth-order valence-corrected chi connectivity index (χ4v) is 2.73. The minimum atomic E-state index is -3.14. The third-order valence-electron chi connectivity index (χ3n) is 2.88. The van der Waals surface area contributed by atoms with Gasteiger partial charge < -0.3 is 5.73 Å². The molecule has 0 radical (unpaired) electrons. The van der Waals surface area contributed by atoms with Crippen molar-refractivity contribution in [2.75, 3.05) is 18.5 Å². The van der Waals surface area contributed by atoms with Crippen molar-refractivity contribution in [1.82, 2.24) is 14.1 Å². The summed E-state index contributed by atoms with van der Waals surface area (Å²) >= 11 is 0. The third-order valence-corrected chi connectivity index (χ3v) is 4.13. The Kier molecular flexibility index (Phi) is 2.67. The lowest BCUT2D eigenvalue weighted by atomic mass is 10.1. The predicted octanol–water partition coefficient (Wildman–Crippen LogP) is -0.197. The van der Waals surface area contributed by atoms with Gasteiger partial charge in [-0.3, -0.25) is 0 Å². The first-order valence-corrected chi connectivity index (χ1v) is 7.07. The highest BCUT2D eigenvalue weighted by molar-refractivity contribution is 7.88. The van der Waals surface area contributed by atoms with Crippen molar-refractivity contribution in [3.05, 3.63) is 11.3 Å². The molecule has 1 aromatic rings. The topological polar surface area (TPSA) is 81.2 Å². The summed E-state index contributed by atoms with van der Waals surface area (Å²) in [5.41, 5.74) is 7.71. The van der Waals surface area contributed by atoms with Crippen molar-refractivity contribution >= 4 is 15.8 Å². The van der Waals surface area contributed by atoms with Gasteiger partial charge in [0.25, 0.3) is 0 Å². The molecule has 1 aromatic heterocycles. The Morgan fingerprint density at radius 2 is 2.19 bits per heavy atom. The molecule has 0 aliphatic carbocycles. The molecule has 0 bridgehead atoms. The van der Waals surface area contributed by atoms with Gasteiger partial charge in [-0.05, 0) is 6.92 Å². The van der Waals surface area contributed by atoms with E-state index in [1.807, 2.05) is 6.92 Å². The van der Waals surface area contributed by atoms with Crippen molar-refractivity contribution in [2.24, 2.45) is 0 Å².